The van der Waals surface area contributed by atoms with Gasteiger partial charge in [-0.15, -0.1) is 11.8 Å². The minimum absolute atomic E-state index is 0.281. The Labute approximate surface area is 88.3 Å². The molecule has 1 N–H and O–H groups in total. The van der Waals surface area contributed by atoms with E-state index in [2.05, 4.69) is 12.1 Å². The first kappa shape index (κ1) is 9.87. The van der Waals surface area contributed by atoms with Crippen LogP contribution in [0.2, 0.25) is 0 Å². The monoisotopic (exact) mass is 210 g/mol. The Morgan fingerprint density at radius 3 is 3.14 bits per heavy atom. The summed E-state index contributed by atoms with van der Waals surface area (Å²) in [5.41, 5.74) is 1.31. The summed E-state index contributed by atoms with van der Waals surface area (Å²) in [7, 11) is 1.68. The van der Waals surface area contributed by atoms with Gasteiger partial charge in [-0.2, -0.15) is 0 Å². The quantitative estimate of drug-likeness (QED) is 0.809. The van der Waals surface area contributed by atoms with E-state index in [1.807, 2.05) is 17.8 Å². The summed E-state index contributed by atoms with van der Waals surface area (Å²) in [6.07, 6.45) is 0.968. The van der Waals surface area contributed by atoms with E-state index in [1.165, 1.54) is 10.5 Å². The van der Waals surface area contributed by atoms with E-state index in [0.717, 1.165) is 17.9 Å². The van der Waals surface area contributed by atoms with Gasteiger partial charge in [-0.3, -0.25) is 0 Å². The highest BCUT2D eigenvalue weighted by Crippen LogP contribution is 2.34. The van der Waals surface area contributed by atoms with Crippen LogP contribution in [0.1, 0.15) is 5.56 Å². The molecular formula is C11H14O2S. The van der Waals surface area contributed by atoms with Crippen molar-refractivity contribution in [1.82, 2.24) is 0 Å². The van der Waals surface area contributed by atoms with Crippen molar-refractivity contribution in [2.45, 2.75) is 11.3 Å². The molecule has 0 aromatic heterocycles. The Morgan fingerprint density at radius 1 is 1.57 bits per heavy atom. The molecule has 0 amide bonds. The number of methoxy groups -OCH3 is 1. The third-order valence-electron chi connectivity index (χ3n) is 2.51. The van der Waals surface area contributed by atoms with Crippen LogP contribution in [-0.2, 0) is 6.42 Å². The minimum atomic E-state index is 0.281. The van der Waals surface area contributed by atoms with E-state index in [4.69, 9.17) is 9.84 Å². The van der Waals surface area contributed by atoms with Crippen molar-refractivity contribution < 1.29 is 9.84 Å². The summed E-state index contributed by atoms with van der Waals surface area (Å²) in [5.74, 6) is 2.33. The van der Waals surface area contributed by atoms with Gasteiger partial charge in [0, 0.05) is 17.3 Å². The standard InChI is InChI=1S/C11H14O2S/c1-13-10-2-3-11-9(5-10)4-8(6-12)7-14-11/h2-3,5,8,12H,4,6-7H2,1H3. The van der Waals surface area contributed by atoms with Gasteiger partial charge in [-0.1, -0.05) is 0 Å². The summed E-state index contributed by atoms with van der Waals surface area (Å²) in [6, 6.07) is 6.17. The number of thioether (sulfide) groups is 1. The van der Waals surface area contributed by atoms with Gasteiger partial charge in [0.1, 0.15) is 5.75 Å². The molecule has 0 fully saturated rings. The second kappa shape index (κ2) is 4.24. The molecule has 1 aromatic carbocycles. The molecule has 2 rings (SSSR count). The van der Waals surface area contributed by atoms with Gasteiger partial charge < -0.3 is 9.84 Å². The Hall–Kier alpha value is -0.670. The van der Waals surface area contributed by atoms with Crippen LogP contribution in [0, 0.1) is 5.92 Å². The van der Waals surface area contributed by atoms with Crippen molar-refractivity contribution >= 4 is 11.8 Å². The second-order valence-corrected chi connectivity index (χ2v) is 4.60. The zero-order valence-corrected chi connectivity index (χ0v) is 9.01. The molecule has 1 heterocycles. The van der Waals surface area contributed by atoms with Crippen molar-refractivity contribution in [3.05, 3.63) is 23.8 Å². The van der Waals surface area contributed by atoms with E-state index in [-0.39, 0.29) is 6.61 Å². The third kappa shape index (κ3) is 1.88. The van der Waals surface area contributed by atoms with Gasteiger partial charge in [0.15, 0.2) is 0 Å². The molecule has 3 heteroatoms. The molecule has 1 aliphatic heterocycles. The van der Waals surface area contributed by atoms with Crippen LogP contribution in [0.3, 0.4) is 0 Å². The average Bonchev–Trinajstić information content (AvgIpc) is 2.27. The predicted molar refractivity (Wildman–Crippen MR) is 58.0 cm³/mol. The molecule has 0 bridgehead atoms. The summed E-state index contributed by atoms with van der Waals surface area (Å²) in [5, 5.41) is 9.10. The number of aliphatic hydroxyl groups is 1. The second-order valence-electron chi connectivity index (χ2n) is 3.54. The number of aliphatic hydroxyl groups excluding tert-OH is 1. The fourth-order valence-corrected chi connectivity index (χ4v) is 2.81. The van der Waals surface area contributed by atoms with Crippen molar-refractivity contribution in [1.29, 1.82) is 0 Å². The fourth-order valence-electron chi connectivity index (χ4n) is 1.68. The maximum atomic E-state index is 9.10. The van der Waals surface area contributed by atoms with Gasteiger partial charge >= 0.3 is 0 Å². The van der Waals surface area contributed by atoms with Crippen molar-refractivity contribution in [2.75, 3.05) is 19.5 Å². The van der Waals surface area contributed by atoms with Gasteiger partial charge in [-0.05, 0) is 36.1 Å². The largest absolute Gasteiger partial charge is 0.497 e. The van der Waals surface area contributed by atoms with Gasteiger partial charge in [0.05, 0.1) is 7.11 Å². The molecule has 0 saturated carbocycles. The van der Waals surface area contributed by atoms with Gasteiger partial charge in [0.25, 0.3) is 0 Å². The molecule has 1 atom stereocenters. The highest BCUT2D eigenvalue weighted by molar-refractivity contribution is 7.99. The summed E-state index contributed by atoms with van der Waals surface area (Å²) in [4.78, 5) is 1.33. The molecule has 14 heavy (non-hydrogen) atoms. The zero-order valence-electron chi connectivity index (χ0n) is 8.19. The number of benzene rings is 1. The van der Waals surface area contributed by atoms with E-state index in [9.17, 15) is 0 Å². The summed E-state index contributed by atoms with van der Waals surface area (Å²) < 4.78 is 5.18. The lowest BCUT2D eigenvalue weighted by molar-refractivity contribution is 0.238. The Kier molecular flexibility index (Phi) is 2.99. The first-order valence-electron chi connectivity index (χ1n) is 4.74. The number of fused-ring (bicyclic) bond motifs is 1. The molecule has 2 nitrogen and oxygen atoms in total. The zero-order chi connectivity index (χ0) is 9.97. The third-order valence-corrected chi connectivity index (χ3v) is 3.86. The van der Waals surface area contributed by atoms with E-state index in [1.54, 1.807) is 7.11 Å². The van der Waals surface area contributed by atoms with Gasteiger partial charge in [-0.25, -0.2) is 0 Å². The topological polar surface area (TPSA) is 29.5 Å². The van der Waals surface area contributed by atoms with E-state index >= 15 is 0 Å². The van der Waals surface area contributed by atoms with E-state index < -0.39 is 0 Å². The fraction of sp³-hybridized carbons (Fsp3) is 0.455. The lowest BCUT2D eigenvalue weighted by atomic mass is 10.0. The molecule has 0 spiro atoms. The Balaban J connectivity index is 2.25. The van der Waals surface area contributed by atoms with Crippen LogP contribution in [0.25, 0.3) is 0 Å². The molecule has 0 radical (unpaired) electrons. The van der Waals surface area contributed by atoms with Crippen LogP contribution in [-0.4, -0.2) is 24.6 Å². The van der Waals surface area contributed by atoms with Crippen molar-refractivity contribution in [2.24, 2.45) is 5.92 Å². The smallest absolute Gasteiger partial charge is 0.119 e. The summed E-state index contributed by atoms with van der Waals surface area (Å²) >= 11 is 1.83. The number of rotatable bonds is 2. The molecule has 1 aliphatic rings. The Bertz CT molecular complexity index is 325. The first-order valence-corrected chi connectivity index (χ1v) is 5.72. The Morgan fingerprint density at radius 2 is 2.43 bits per heavy atom. The van der Waals surface area contributed by atoms with E-state index in [0.29, 0.717) is 5.92 Å². The molecule has 0 saturated heterocycles. The maximum absolute atomic E-state index is 9.10. The lowest BCUT2D eigenvalue weighted by Gasteiger charge is -2.22. The lowest BCUT2D eigenvalue weighted by Crippen LogP contribution is -2.16. The maximum Gasteiger partial charge on any atom is 0.119 e. The number of hydrogen-bond acceptors (Lipinski definition) is 3. The minimum Gasteiger partial charge on any atom is -0.497 e. The first-order chi connectivity index (χ1) is 6.83. The number of ether oxygens (including phenoxy) is 1. The molecule has 1 unspecified atom stereocenters. The summed E-state index contributed by atoms with van der Waals surface area (Å²) in [6.45, 7) is 0.281. The average molecular weight is 210 g/mol. The van der Waals surface area contributed by atoms with Crippen molar-refractivity contribution in [3.63, 3.8) is 0 Å². The molecule has 0 aliphatic carbocycles. The predicted octanol–water partition coefficient (Wildman–Crippen LogP) is 1.95. The van der Waals surface area contributed by atoms with Crippen LogP contribution in [0.4, 0.5) is 0 Å². The van der Waals surface area contributed by atoms with Crippen LogP contribution in [0.15, 0.2) is 23.1 Å². The van der Waals surface area contributed by atoms with Gasteiger partial charge in [0.2, 0.25) is 0 Å². The highest BCUT2D eigenvalue weighted by Gasteiger charge is 2.18. The number of hydrogen-bond donors (Lipinski definition) is 1. The van der Waals surface area contributed by atoms with Crippen molar-refractivity contribution in [3.8, 4) is 5.75 Å². The molecule has 1 aromatic rings. The molecular weight excluding hydrogens is 196 g/mol. The molecule has 76 valence electrons. The van der Waals surface area contributed by atoms with Crippen LogP contribution < -0.4 is 4.74 Å². The normalized spacial score (nSPS) is 20.3. The SMILES string of the molecule is COc1ccc2c(c1)CC(CO)CS2. The highest BCUT2D eigenvalue weighted by atomic mass is 32.2. The van der Waals surface area contributed by atoms with Crippen LogP contribution in [0.5, 0.6) is 5.75 Å². The van der Waals surface area contributed by atoms with Crippen LogP contribution >= 0.6 is 11.8 Å².